The zero-order valence-corrected chi connectivity index (χ0v) is 23.0. The number of hydrogen-bond acceptors (Lipinski definition) is 5. The largest absolute Gasteiger partial charge is 0.479 e. The van der Waals surface area contributed by atoms with E-state index >= 15 is 0 Å². The van der Waals surface area contributed by atoms with E-state index in [0.29, 0.717) is 11.1 Å². The lowest BCUT2D eigenvalue weighted by Gasteiger charge is -2.33. The number of rotatable bonds is 15. The fourth-order valence-electron chi connectivity index (χ4n) is 3.58. The highest BCUT2D eigenvalue weighted by atomic mass is 19.4. The number of ether oxygens (including phenoxy) is 3. The third-order valence-corrected chi connectivity index (χ3v) is 5.92. The van der Waals surface area contributed by atoms with Gasteiger partial charge in [0, 0.05) is 0 Å². The second-order valence-electron chi connectivity index (χ2n) is 8.88. The van der Waals surface area contributed by atoms with Gasteiger partial charge in [-0.1, -0.05) is 72.8 Å². The van der Waals surface area contributed by atoms with Crippen molar-refractivity contribution in [3.8, 4) is 0 Å². The maximum absolute atomic E-state index is 13.5. The first kappa shape index (κ1) is 36.4. The van der Waals surface area contributed by atoms with Gasteiger partial charge in [-0.15, -0.1) is 13.2 Å². The Labute approximate surface area is 240 Å². The molecule has 0 aliphatic heterocycles. The summed E-state index contributed by atoms with van der Waals surface area (Å²) in [6, 6.07) is 16.5. The van der Waals surface area contributed by atoms with E-state index in [9.17, 15) is 35.9 Å². The van der Waals surface area contributed by atoms with Crippen LogP contribution in [0.4, 0.5) is 26.3 Å². The molecule has 0 spiro atoms. The van der Waals surface area contributed by atoms with Crippen molar-refractivity contribution in [3.05, 3.63) is 97.1 Å². The Morgan fingerprint density at radius 2 is 1.12 bits per heavy atom. The Balaban J connectivity index is 0.000000422. The number of carbonyl (C=O) groups excluding carboxylic acids is 1. The van der Waals surface area contributed by atoms with Crippen LogP contribution in [0.3, 0.4) is 0 Å². The third kappa shape index (κ3) is 10.0. The lowest BCUT2D eigenvalue weighted by Crippen LogP contribution is -2.55. The average molecular weight is 605 g/mol. The molecule has 232 valence electrons. The SMILES string of the molecule is C=CCCC(OCc1ccccc1)(C(=O)O)C(F)(F)F.C=CCCC(OCc1ccccc1)(C(=O)OCC)C(F)(F)F. The van der Waals surface area contributed by atoms with Crippen LogP contribution in [0.2, 0.25) is 0 Å². The van der Waals surface area contributed by atoms with Gasteiger partial charge >= 0.3 is 24.3 Å². The molecular weight excluding hydrogens is 570 g/mol. The number of alkyl halides is 6. The van der Waals surface area contributed by atoms with E-state index in [0.717, 1.165) is 0 Å². The van der Waals surface area contributed by atoms with Crippen molar-refractivity contribution in [2.75, 3.05) is 6.61 Å². The predicted octanol–water partition coefficient (Wildman–Crippen LogP) is 7.59. The standard InChI is InChI=1S/C16H19F3O3.C14H15F3O3/c1-3-5-11-15(16(17,18)19,14(20)21-4-2)22-12-13-9-7-6-8-10-13;1-2-3-9-13(12(18)19,14(15,16)17)20-10-11-7-5-4-6-8-11/h3,6-10H,1,4-5,11-12H2,2H3;2,4-8H,1,3,9-10H2,(H,18,19). The summed E-state index contributed by atoms with van der Waals surface area (Å²) in [5.41, 5.74) is -5.18. The van der Waals surface area contributed by atoms with Gasteiger partial charge in [-0.2, -0.15) is 26.3 Å². The van der Waals surface area contributed by atoms with Crippen molar-refractivity contribution < 1.29 is 55.2 Å². The number of allylic oxidation sites excluding steroid dienone is 2. The molecule has 0 heterocycles. The van der Waals surface area contributed by atoms with Crippen LogP contribution in [-0.4, -0.2) is 47.2 Å². The molecule has 0 saturated heterocycles. The maximum atomic E-state index is 13.5. The molecule has 0 bridgehead atoms. The summed E-state index contributed by atoms with van der Waals surface area (Å²) in [6.45, 7) is 7.23. The minimum Gasteiger partial charge on any atom is -0.479 e. The molecule has 1 N–H and O–H groups in total. The summed E-state index contributed by atoms with van der Waals surface area (Å²) in [6.07, 6.45) is -8.74. The number of carboxylic acid groups (broad SMARTS) is 1. The molecule has 12 heteroatoms. The summed E-state index contributed by atoms with van der Waals surface area (Å²) in [4.78, 5) is 23.1. The third-order valence-electron chi connectivity index (χ3n) is 5.92. The zero-order valence-electron chi connectivity index (χ0n) is 23.0. The molecular formula is C30H34F6O6. The van der Waals surface area contributed by atoms with Gasteiger partial charge < -0.3 is 19.3 Å². The first-order valence-corrected chi connectivity index (χ1v) is 12.8. The normalized spacial score (nSPS) is 14.4. The molecule has 0 amide bonds. The van der Waals surface area contributed by atoms with Crippen molar-refractivity contribution in [2.45, 2.75) is 69.4 Å². The molecule has 2 aromatic carbocycles. The minimum atomic E-state index is -5.00. The first-order valence-electron chi connectivity index (χ1n) is 12.8. The fourth-order valence-corrected chi connectivity index (χ4v) is 3.58. The highest BCUT2D eigenvalue weighted by Gasteiger charge is 2.63. The van der Waals surface area contributed by atoms with E-state index in [-0.39, 0.29) is 26.1 Å². The van der Waals surface area contributed by atoms with Gasteiger partial charge in [0.25, 0.3) is 11.2 Å². The topological polar surface area (TPSA) is 82.1 Å². The van der Waals surface area contributed by atoms with Crippen molar-refractivity contribution in [1.29, 1.82) is 0 Å². The number of carbonyl (C=O) groups is 2. The average Bonchev–Trinajstić information content (AvgIpc) is 2.93. The monoisotopic (exact) mass is 604 g/mol. The van der Waals surface area contributed by atoms with Crippen LogP contribution in [0.5, 0.6) is 0 Å². The molecule has 0 fully saturated rings. The van der Waals surface area contributed by atoms with Gasteiger partial charge in [-0.3, -0.25) is 0 Å². The van der Waals surface area contributed by atoms with Crippen LogP contribution < -0.4 is 0 Å². The maximum Gasteiger partial charge on any atom is 0.428 e. The Hall–Kier alpha value is -3.64. The predicted molar refractivity (Wildman–Crippen MR) is 143 cm³/mol. The van der Waals surface area contributed by atoms with Crippen molar-refractivity contribution in [1.82, 2.24) is 0 Å². The minimum absolute atomic E-state index is 0.0207. The number of benzene rings is 2. The molecule has 2 unspecified atom stereocenters. The zero-order chi connectivity index (χ0) is 31.9. The van der Waals surface area contributed by atoms with Crippen LogP contribution in [0.1, 0.15) is 43.7 Å². The first-order chi connectivity index (χ1) is 19.7. The van der Waals surface area contributed by atoms with E-state index in [2.05, 4.69) is 17.9 Å². The Morgan fingerprint density at radius 1 is 0.738 bits per heavy atom. The molecule has 2 rings (SSSR count). The van der Waals surface area contributed by atoms with E-state index < -0.39 is 54.9 Å². The second-order valence-corrected chi connectivity index (χ2v) is 8.88. The molecule has 6 nitrogen and oxygen atoms in total. The van der Waals surface area contributed by atoms with Crippen molar-refractivity contribution in [3.63, 3.8) is 0 Å². The lowest BCUT2D eigenvalue weighted by molar-refractivity contribution is -0.282. The van der Waals surface area contributed by atoms with E-state index in [1.54, 1.807) is 60.7 Å². The summed E-state index contributed by atoms with van der Waals surface area (Å²) < 4.78 is 94.3. The van der Waals surface area contributed by atoms with Crippen molar-refractivity contribution in [2.24, 2.45) is 0 Å². The summed E-state index contributed by atoms with van der Waals surface area (Å²) in [5, 5.41) is 8.98. The van der Waals surface area contributed by atoms with Crippen molar-refractivity contribution >= 4 is 11.9 Å². The van der Waals surface area contributed by atoms with E-state index in [1.807, 2.05) is 0 Å². The van der Waals surface area contributed by atoms with Crippen LogP contribution >= 0.6 is 0 Å². The van der Waals surface area contributed by atoms with Crippen LogP contribution in [0, 0.1) is 0 Å². The molecule has 0 saturated carbocycles. The van der Waals surface area contributed by atoms with Gasteiger partial charge in [0.1, 0.15) is 0 Å². The summed E-state index contributed by atoms with van der Waals surface area (Å²) in [5.74, 6) is -3.46. The Bertz CT molecular complexity index is 1120. The van der Waals surface area contributed by atoms with E-state index in [1.165, 1.54) is 19.1 Å². The molecule has 0 aliphatic carbocycles. The number of aliphatic carboxylic acids is 1. The summed E-state index contributed by atoms with van der Waals surface area (Å²) in [7, 11) is 0. The highest BCUT2D eigenvalue weighted by Crippen LogP contribution is 2.40. The second kappa shape index (κ2) is 16.7. The Kier molecular flexibility index (Phi) is 14.5. The number of esters is 1. The van der Waals surface area contributed by atoms with Crippen LogP contribution in [0.25, 0.3) is 0 Å². The van der Waals surface area contributed by atoms with Crippen LogP contribution in [-0.2, 0) is 37.0 Å². The Morgan fingerprint density at radius 3 is 1.45 bits per heavy atom. The number of hydrogen-bond donors (Lipinski definition) is 1. The van der Waals surface area contributed by atoms with Crippen LogP contribution in [0.15, 0.2) is 86.0 Å². The van der Waals surface area contributed by atoms with Gasteiger partial charge in [0.15, 0.2) is 0 Å². The fraction of sp³-hybridized carbons (Fsp3) is 0.400. The van der Waals surface area contributed by atoms with Gasteiger partial charge in [-0.05, 0) is 43.7 Å². The highest BCUT2D eigenvalue weighted by molar-refractivity contribution is 5.81. The molecule has 0 aromatic heterocycles. The van der Waals surface area contributed by atoms with Gasteiger partial charge in [-0.25, -0.2) is 9.59 Å². The molecule has 0 aliphatic rings. The van der Waals surface area contributed by atoms with Gasteiger partial charge in [0.05, 0.1) is 19.8 Å². The lowest BCUT2D eigenvalue weighted by atomic mass is 9.96. The summed E-state index contributed by atoms with van der Waals surface area (Å²) >= 11 is 0. The number of halogens is 6. The molecule has 2 aromatic rings. The molecule has 2 atom stereocenters. The smallest absolute Gasteiger partial charge is 0.428 e. The van der Waals surface area contributed by atoms with Gasteiger partial charge in [0.2, 0.25) is 0 Å². The molecule has 0 radical (unpaired) electrons. The molecule has 42 heavy (non-hydrogen) atoms. The number of carboxylic acids is 1. The van der Waals surface area contributed by atoms with E-state index in [4.69, 9.17) is 14.6 Å². The quantitative estimate of drug-likeness (QED) is 0.128.